The van der Waals surface area contributed by atoms with Crippen LogP contribution in [0.5, 0.6) is 0 Å². The molecule has 2 aromatic heterocycles. The van der Waals surface area contributed by atoms with Gasteiger partial charge in [0.1, 0.15) is 6.54 Å². The van der Waals surface area contributed by atoms with Crippen LogP contribution in [0.1, 0.15) is 13.3 Å². The molecule has 1 N–H and O–H groups in total. The van der Waals surface area contributed by atoms with Crippen LogP contribution < -0.4 is 15.3 Å². The van der Waals surface area contributed by atoms with Gasteiger partial charge in [0.05, 0.1) is 28.7 Å². The number of aromatic nitrogens is 3. The van der Waals surface area contributed by atoms with Crippen molar-refractivity contribution in [3.05, 3.63) is 64.4 Å². The quantitative estimate of drug-likeness (QED) is 0.400. The van der Waals surface area contributed by atoms with Crippen LogP contribution in [-0.2, 0) is 27.9 Å². The van der Waals surface area contributed by atoms with E-state index in [-0.39, 0.29) is 18.1 Å². The first-order valence-corrected chi connectivity index (χ1v) is 13.4. The number of para-hydroxylation sites is 2. The van der Waals surface area contributed by atoms with Gasteiger partial charge in [-0.15, -0.1) is 11.3 Å². The van der Waals surface area contributed by atoms with Crippen LogP contribution in [0.3, 0.4) is 0 Å². The fraction of sp³-hybridized carbons (Fsp3) is 0.261. The van der Waals surface area contributed by atoms with Crippen LogP contribution in [0.25, 0.3) is 22.3 Å². The van der Waals surface area contributed by atoms with Crippen LogP contribution in [0.2, 0.25) is 0 Å². The minimum atomic E-state index is -3.34. The minimum absolute atomic E-state index is 0.114. The smallest absolute Gasteiger partial charge is 0.300 e. The summed E-state index contributed by atoms with van der Waals surface area (Å²) >= 11 is 1.28. The van der Waals surface area contributed by atoms with Crippen molar-refractivity contribution in [2.24, 2.45) is 0 Å². The van der Waals surface area contributed by atoms with Crippen molar-refractivity contribution in [1.29, 1.82) is 0 Å². The summed E-state index contributed by atoms with van der Waals surface area (Å²) < 4.78 is 27.8. The van der Waals surface area contributed by atoms with Crippen molar-refractivity contribution in [1.82, 2.24) is 14.1 Å². The van der Waals surface area contributed by atoms with E-state index in [1.54, 1.807) is 28.8 Å². The topological polar surface area (TPSA) is 106 Å². The molecule has 0 aliphatic carbocycles. The number of sulfonamides is 1. The van der Waals surface area contributed by atoms with Gasteiger partial charge in [-0.2, -0.15) is 0 Å². The first kappa shape index (κ1) is 23.7. The van der Waals surface area contributed by atoms with Gasteiger partial charge in [0.25, 0.3) is 0 Å². The zero-order chi connectivity index (χ0) is 24.5. The van der Waals surface area contributed by atoms with E-state index in [0.29, 0.717) is 23.1 Å². The van der Waals surface area contributed by atoms with Crippen LogP contribution in [-0.4, -0.2) is 41.7 Å². The van der Waals surface area contributed by atoms with E-state index in [1.807, 2.05) is 36.6 Å². The van der Waals surface area contributed by atoms with Crippen molar-refractivity contribution < 1.29 is 13.2 Å². The Bertz CT molecular complexity index is 1500. The molecule has 0 spiro atoms. The molecule has 0 aliphatic rings. The largest absolute Gasteiger partial charge is 0.329 e. The molecule has 0 unspecified atom stereocenters. The summed E-state index contributed by atoms with van der Waals surface area (Å²) in [7, 11) is -1.85. The summed E-state index contributed by atoms with van der Waals surface area (Å²) in [5.41, 5.74) is 3.31. The number of amides is 1. The lowest BCUT2D eigenvalue weighted by Gasteiger charge is -2.16. The number of hydrogen-bond acceptors (Lipinski definition) is 6. The highest BCUT2D eigenvalue weighted by atomic mass is 32.2. The number of anilines is 2. The van der Waals surface area contributed by atoms with Gasteiger partial charge in [0.2, 0.25) is 15.9 Å². The third-order valence-corrected chi connectivity index (χ3v) is 7.41. The lowest BCUT2D eigenvalue weighted by molar-refractivity contribution is -0.116. The Balaban J connectivity index is 1.50. The molecular formula is C23H25N5O4S2. The van der Waals surface area contributed by atoms with E-state index in [1.165, 1.54) is 27.3 Å². The number of carbonyl (C=O) groups excluding carboxylic acids is 1. The molecule has 0 radical (unpaired) electrons. The molecular weight excluding hydrogens is 474 g/mol. The third-order valence-electron chi connectivity index (χ3n) is 5.45. The molecule has 0 aliphatic heterocycles. The second-order valence-corrected chi connectivity index (χ2v) is 10.7. The van der Waals surface area contributed by atoms with Crippen molar-refractivity contribution in [2.45, 2.75) is 26.4 Å². The Morgan fingerprint density at radius 1 is 1.09 bits per heavy atom. The predicted molar refractivity (Wildman–Crippen MR) is 136 cm³/mol. The zero-order valence-corrected chi connectivity index (χ0v) is 20.7. The Kier molecular flexibility index (Phi) is 6.58. The van der Waals surface area contributed by atoms with Crippen molar-refractivity contribution in [3.63, 3.8) is 0 Å². The molecule has 1 amide bonds. The first-order valence-electron chi connectivity index (χ1n) is 10.7. The molecule has 34 heavy (non-hydrogen) atoms. The lowest BCUT2D eigenvalue weighted by atomic mass is 10.1. The van der Waals surface area contributed by atoms with Crippen molar-refractivity contribution in [2.75, 3.05) is 22.9 Å². The summed E-state index contributed by atoms with van der Waals surface area (Å²) in [4.78, 5) is 30.1. The fourth-order valence-corrected chi connectivity index (χ4v) is 4.91. The van der Waals surface area contributed by atoms with Gasteiger partial charge in [-0.05, 0) is 30.7 Å². The molecule has 0 bridgehead atoms. The lowest BCUT2D eigenvalue weighted by Crippen LogP contribution is -2.29. The highest BCUT2D eigenvalue weighted by Gasteiger charge is 2.16. The van der Waals surface area contributed by atoms with Gasteiger partial charge in [0.15, 0.2) is 5.13 Å². The molecule has 11 heteroatoms. The molecule has 2 aromatic carbocycles. The van der Waals surface area contributed by atoms with Gasteiger partial charge in [-0.25, -0.2) is 18.2 Å². The number of rotatable bonds is 8. The molecule has 4 rings (SSSR count). The summed E-state index contributed by atoms with van der Waals surface area (Å²) in [5, 5.41) is 5.00. The van der Waals surface area contributed by atoms with Gasteiger partial charge < -0.3 is 5.32 Å². The third kappa shape index (κ3) is 4.75. The summed E-state index contributed by atoms with van der Waals surface area (Å²) in [6.07, 6.45) is 1.96. The van der Waals surface area contributed by atoms with E-state index in [4.69, 9.17) is 0 Å². The maximum atomic E-state index is 12.9. The molecule has 0 saturated carbocycles. The van der Waals surface area contributed by atoms with Crippen molar-refractivity contribution >= 4 is 49.1 Å². The highest BCUT2D eigenvalue weighted by molar-refractivity contribution is 7.92. The predicted octanol–water partition coefficient (Wildman–Crippen LogP) is 3.37. The number of imidazole rings is 1. The van der Waals surface area contributed by atoms with E-state index in [2.05, 4.69) is 10.3 Å². The van der Waals surface area contributed by atoms with Crippen LogP contribution >= 0.6 is 11.3 Å². The molecule has 4 aromatic rings. The zero-order valence-electron chi connectivity index (χ0n) is 19.1. The average Bonchev–Trinajstić information content (AvgIpc) is 3.37. The summed E-state index contributed by atoms with van der Waals surface area (Å²) in [6, 6.07) is 14.4. The van der Waals surface area contributed by atoms with Gasteiger partial charge >= 0.3 is 5.69 Å². The van der Waals surface area contributed by atoms with Crippen molar-refractivity contribution in [3.8, 4) is 11.3 Å². The van der Waals surface area contributed by atoms with Crippen LogP contribution in [0.15, 0.2) is 58.7 Å². The van der Waals surface area contributed by atoms with Gasteiger partial charge in [-0.3, -0.25) is 18.2 Å². The Morgan fingerprint density at radius 3 is 2.35 bits per heavy atom. The minimum Gasteiger partial charge on any atom is -0.300 e. The average molecular weight is 500 g/mol. The number of nitrogens with zero attached hydrogens (tertiary/aromatic N) is 4. The second-order valence-electron chi connectivity index (χ2n) is 7.87. The summed E-state index contributed by atoms with van der Waals surface area (Å²) in [6.45, 7) is 2.48. The first-order chi connectivity index (χ1) is 16.2. The monoisotopic (exact) mass is 499 g/mol. The number of nitrogens with one attached hydrogen (secondary N) is 1. The molecule has 0 fully saturated rings. The van der Waals surface area contributed by atoms with Crippen LogP contribution in [0.4, 0.5) is 10.8 Å². The molecule has 178 valence electrons. The highest BCUT2D eigenvalue weighted by Crippen LogP contribution is 2.27. The van der Waals surface area contributed by atoms with Gasteiger partial charge in [-0.1, -0.05) is 31.2 Å². The molecule has 0 atom stereocenters. The standard InChI is InChI=1S/C23H25N5O4S2/c1-4-13-27-19-7-5-6-8-20(19)28(23(27)30)14-21(29)25-22-24-18(15-33-22)16-9-11-17(12-10-16)26(2)34(3,31)32/h5-12,15H,4,13-14H2,1-3H3,(H,24,25,29). The number of thiazole rings is 1. The maximum Gasteiger partial charge on any atom is 0.329 e. The maximum absolute atomic E-state index is 12.9. The van der Waals surface area contributed by atoms with E-state index < -0.39 is 10.0 Å². The number of aryl methyl sites for hydroxylation is 1. The van der Waals surface area contributed by atoms with Crippen LogP contribution in [0, 0.1) is 0 Å². The molecule has 0 saturated heterocycles. The second kappa shape index (κ2) is 9.43. The Labute approximate surface area is 201 Å². The molecule has 2 heterocycles. The van der Waals surface area contributed by atoms with E-state index in [9.17, 15) is 18.0 Å². The number of carbonyl (C=O) groups is 1. The Hall–Kier alpha value is -3.44. The normalized spacial score (nSPS) is 11.6. The Morgan fingerprint density at radius 2 is 1.74 bits per heavy atom. The number of hydrogen-bond donors (Lipinski definition) is 1. The van der Waals surface area contributed by atoms with E-state index in [0.717, 1.165) is 29.3 Å². The SMILES string of the molecule is CCCn1c(=O)n(CC(=O)Nc2nc(-c3ccc(N(C)S(C)(=O)=O)cc3)cs2)c2ccccc21. The molecule has 9 nitrogen and oxygen atoms in total. The fourth-order valence-electron chi connectivity index (χ4n) is 3.66. The van der Waals surface area contributed by atoms with E-state index >= 15 is 0 Å². The summed E-state index contributed by atoms with van der Waals surface area (Å²) in [5.74, 6) is -0.340. The number of benzene rings is 2. The van der Waals surface area contributed by atoms with Gasteiger partial charge in [0, 0.05) is 24.5 Å². The number of fused-ring (bicyclic) bond motifs is 1.